The number of nitro groups is 1. The van der Waals surface area contributed by atoms with Crippen molar-refractivity contribution in [2.45, 2.75) is 45.2 Å². The second-order valence-electron chi connectivity index (χ2n) is 8.16. The van der Waals surface area contributed by atoms with Crippen LogP contribution in [0, 0.1) is 10.1 Å². The number of hydrogen-bond acceptors (Lipinski definition) is 6. The standard InChI is InChI=1S/C24H24N2O6/c1-15-4-3-5-16(2)25(15)23(27)14-31-19-10-11-20-21(13-24(28)32-22(20)12-19)17-6-8-18(9-7-17)26(29)30/h6-13,15-16H,3-5,14H2,1-2H3. The van der Waals surface area contributed by atoms with Crippen LogP contribution in [0.2, 0.25) is 0 Å². The zero-order valence-electron chi connectivity index (χ0n) is 17.9. The third kappa shape index (κ3) is 4.34. The lowest BCUT2D eigenvalue weighted by molar-refractivity contribution is -0.384. The first-order chi connectivity index (χ1) is 15.3. The van der Waals surface area contributed by atoms with Gasteiger partial charge in [-0.05, 0) is 68.5 Å². The van der Waals surface area contributed by atoms with Crippen LogP contribution in [0.25, 0.3) is 22.1 Å². The number of carbonyl (C=O) groups excluding carboxylic acids is 1. The molecule has 32 heavy (non-hydrogen) atoms. The van der Waals surface area contributed by atoms with Gasteiger partial charge in [0.05, 0.1) is 4.92 Å². The van der Waals surface area contributed by atoms with E-state index in [0.717, 1.165) is 19.3 Å². The number of nitro benzene ring substituents is 1. The van der Waals surface area contributed by atoms with E-state index >= 15 is 0 Å². The monoisotopic (exact) mass is 436 g/mol. The number of ether oxygens (including phenoxy) is 1. The van der Waals surface area contributed by atoms with Gasteiger partial charge in [0.25, 0.3) is 11.6 Å². The second-order valence-corrected chi connectivity index (χ2v) is 8.16. The molecule has 2 heterocycles. The van der Waals surface area contributed by atoms with Crippen molar-refractivity contribution in [1.82, 2.24) is 4.90 Å². The Morgan fingerprint density at radius 2 is 1.81 bits per heavy atom. The fraction of sp³-hybridized carbons (Fsp3) is 0.333. The second kappa shape index (κ2) is 8.82. The molecule has 2 aromatic carbocycles. The van der Waals surface area contributed by atoms with Gasteiger partial charge in [-0.15, -0.1) is 0 Å². The van der Waals surface area contributed by atoms with E-state index in [1.165, 1.54) is 18.2 Å². The molecular weight excluding hydrogens is 412 g/mol. The average Bonchev–Trinajstić information content (AvgIpc) is 2.76. The maximum absolute atomic E-state index is 12.7. The van der Waals surface area contributed by atoms with Gasteiger partial charge in [0.1, 0.15) is 11.3 Å². The Morgan fingerprint density at radius 1 is 1.12 bits per heavy atom. The lowest BCUT2D eigenvalue weighted by Gasteiger charge is -2.38. The Bertz CT molecular complexity index is 1210. The van der Waals surface area contributed by atoms with E-state index in [0.29, 0.717) is 27.8 Å². The van der Waals surface area contributed by atoms with Gasteiger partial charge in [-0.2, -0.15) is 0 Å². The number of hydrogen-bond donors (Lipinski definition) is 0. The summed E-state index contributed by atoms with van der Waals surface area (Å²) in [5, 5.41) is 11.6. The van der Waals surface area contributed by atoms with Gasteiger partial charge in [0.15, 0.2) is 6.61 Å². The SMILES string of the molecule is CC1CCCC(C)N1C(=O)COc1ccc2c(-c3ccc([N+](=O)[O-])cc3)cc(=O)oc2c1. The lowest BCUT2D eigenvalue weighted by atomic mass is 9.97. The van der Waals surface area contributed by atoms with Gasteiger partial charge in [-0.25, -0.2) is 4.79 Å². The minimum absolute atomic E-state index is 0.0290. The molecule has 0 radical (unpaired) electrons. The predicted octanol–water partition coefficient (Wildman–Crippen LogP) is 4.54. The fourth-order valence-corrected chi connectivity index (χ4v) is 4.37. The number of non-ortho nitro benzene ring substituents is 1. The maximum Gasteiger partial charge on any atom is 0.336 e. The van der Waals surface area contributed by atoms with E-state index in [1.54, 1.807) is 30.3 Å². The summed E-state index contributed by atoms with van der Waals surface area (Å²) in [5.41, 5.74) is 0.999. The molecule has 3 aromatic rings. The minimum atomic E-state index is -0.546. The van der Waals surface area contributed by atoms with Crippen LogP contribution < -0.4 is 10.4 Å². The molecule has 1 aromatic heterocycles. The molecule has 1 aliphatic rings. The largest absolute Gasteiger partial charge is 0.484 e. The molecule has 0 aliphatic carbocycles. The molecule has 166 valence electrons. The van der Waals surface area contributed by atoms with Crippen molar-refractivity contribution >= 4 is 22.6 Å². The number of benzene rings is 2. The molecule has 0 bridgehead atoms. The van der Waals surface area contributed by atoms with Gasteiger partial charge < -0.3 is 14.1 Å². The molecule has 4 rings (SSSR count). The fourth-order valence-electron chi connectivity index (χ4n) is 4.37. The summed E-state index contributed by atoms with van der Waals surface area (Å²) in [6, 6.07) is 12.8. The molecule has 1 amide bonds. The molecule has 8 nitrogen and oxygen atoms in total. The van der Waals surface area contributed by atoms with Crippen molar-refractivity contribution in [2.75, 3.05) is 6.61 Å². The van der Waals surface area contributed by atoms with E-state index in [-0.39, 0.29) is 30.3 Å². The van der Waals surface area contributed by atoms with Crippen LogP contribution in [-0.2, 0) is 4.79 Å². The van der Waals surface area contributed by atoms with Crippen LogP contribution in [0.15, 0.2) is 57.7 Å². The highest BCUT2D eigenvalue weighted by Gasteiger charge is 2.29. The van der Waals surface area contributed by atoms with Crippen molar-refractivity contribution in [3.05, 3.63) is 69.1 Å². The van der Waals surface area contributed by atoms with Crippen molar-refractivity contribution in [2.24, 2.45) is 0 Å². The summed E-state index contributed by atoms with van der Waals surface area (Å²) in [4.78, 5) is 37.1. The van der Waals surface area contributed by atoms with Crippen LogP contribution in [0.3, 0.4) is 0 Å². The van der Waals surface area contributed by atoms with E-state index in [1.807, 2.05) is 4.90 Å². The maximum atomic E-state index is 12.7. The van der Waals surface area contributed by atoms with E-state index < -0.39 is 10.5 Å². The Morgan fingerprint density at radius 3 is 2.47 bits per heavy atom. The summed E-state index contributed by atoms with van der Waals surface area (Å²) >= 11 is 0. The number of fused-ring (bicyclic) bond motifs is 1. The first kappa shape index (κ1) is 21.5. The van der Waals surface area contributed by atoms with Crippen molar-refractivity contribution < 1.29 is 18.9 Å². The number of piperidine rings is 1. The lowest BCUT2D eigenvalue weighted by Crippen LogP contribution is -2.49. The number of carbonyl (C=O) groups is 1. The van der Waals surface area contributed by atoms with Gasteiger partial charge in [0, 0.05) is 41.7 Å². The normalized spacial score (nSPS) is 18.5. The number of nitrogens with zero attached hydrogens (tertiary/aromatic N) is 2. The topological polar surface area (TPSA) is 103 Å². The summed E-state index contributed by atoms with van der Waals surface area (Å²) < 4.78 is 11.1. The smallest absolute Gasteiger partial charge is 0.336 e. The molecule has 1 fully saturated rings. The number of amides is 1. The van der Waals surface area contributed by atoms with Crippen LogP contribution >= 0.6 is 0 Å². The van der Waals surface area contributed by atoms with Crippen LogP contribution in [0.5, 0.6) is 5.75 Å². The number of rotatable bonds is 5. The third-order valence-corrected chi connectivity index (χ3v) is 5.95. The summed E-state index contributed by atoms with van der Waals surface area (Å²) in [6.07, 6.45) is 3.10. The molecule has 2 atom stereocenters. The summed E-state index contributed by atoms with van der Waals surface area (Å²) in [6.45, 7) is 4.02. The van der Waals surface area contributed by atoms with Crippen molar-refractivity contribution in [3.8, 4) is 16.9 Å². The molecule has 0 N–H and O–H groups in total. The molecule has 0 spiro atoms. The van der Waals surface area contributed by atoms with Crippen LogP contribution in [-0.4, -0.2) is 34.4 Å². The van der Waals surface area contributed by atoms with Gasteiger partial charge in [0.2, 0.25) is 0 Å². The quantitative estimate of drug-likeness (QED) is 0.331. The Labute approximate surface area is 184 Å². The van der Waals surface area contributed by atoms with Crippen LogP contribution in [0.4, 0.5) is 5.69 Å². The first-order valence-corrected chi connectivity index (χ1v) is 10.6. The molecule has 8 heteroatoms. The van der Waals surface area contributed by atoms with Gasteiger partial charge in [-0.3, -0.25) is 14.9 Å². The van der Waals surface area contributed by atoms with Gasteiger partial charge in [-0.1, -0.05) is 0 Å². The summed E-state index contributed by atoms with van der Waals surface area (Å²) in [7, 11) is 0. The van der Waals surface area contributed by atoms with E-state index in [9.17, 15) is 19.7 Å². The number of likely N-dealkylation sites (tertiary alicyclic amines) is 1. The highest BCUT2D eigenvalue weighted by atomic mass is 16.6. The third-order valence-electron chi connectivity index (χ3n) is 5.95. The minimum Gasteiger partial charge on any atom is -0.484 e. The first-order valence-electron chi connectivity index (χ1n) is 10.6. The zero-order valence-corrected chi connectivity index (χ0v) is 17.9. The van der Waals surface area contributed by atoms with E-state index in [2.05, 4.69) is 13.8 Å². The Kier molecular flexibility index (Phi) is 5.94. The van der Waals surface area contributed by atoms with Gasteiger partial charge >= 0.3 is 5.63 Å². The zero-order chi connectivity index (χ0) is 22.8. The predicted molar refractivity (Wildman–Crippen MR) is 120 cm³/mol. The summed E-state index contributed by atoms with van der Waals surface area (Å²) in [5.74, 6) is 0.359. The Balaban J connectivity index is 1.57. The molecule has 2 unspecified atom stereocenters. The highest BCUT2D eigenvalue weighted by Crippen LogP contribution is 2.31. The molecular formula is C24H24N2O6. The Hall–Kier alpha value is -3.68. The van der Waals surface area contributed by atoms with E-state index in [4.69, 9.17) is 9.15 Å². The van der Waals surface area contributed by atoms with Crippen LogP contribution in [0.1, 0.15) is 33.1 Å². The highest BCUT2D eigenvalue weighted by molar-refractivity contribution is 5.94. The molecule has 1 aliphatic heterocycles. The van der Waals surface area contributed by atoms with Crippen molar-refractivity contribution in [3.63, 3.8) is 0 Å². The molecule has 1 saturated heterocycles. The van der Waals surface area contributed by atoms with Crippen molar-refractivity contribution in [1.29, 1.82) is 0 Å². The average molecular weight is 436 g/mol. The molecule has 0 saturated carbocycles.